The normalized spacial score (nSPS) is 45.4. The maximum atomic E-state index is 12.9. The second-order valence-corrected chi connectivity index (χ2v) is 8.46. The Hall–Kier alpha value is -0.570. The average Bonchev–Trinajstić information content (AvgIpc) is 2.37. The first-order valence-corrected chi connectivity index (χ1v) is 8.60. The molecule has 4 saturated carbocycles. The number of nitrogens with one attached hydrogen (secondary N) is 2. The van der Waals surface area contributed by atoms with E-state index in [1.807, 2.05) is 0 Å². The molecule has 4 aliphatic carbocycles. The van der Waals surface area contributed by atoms with Crippen LogP contribution in [0.5, 0.6) is 0 Å². The SMILES string of the molecule is CC1(C(=O)NC23CC4CC(CC(C4)C2)C3)CCNCC1. The number of rotatable bonds is 2. The van der Waals surface area contributed by atoms with Crippen LogP contribution in [0.25, 0.3) is 0 Å². The monoisotopic (exact) mass is 276 g/mol. The highest BCUT2D eigenvalue weighted by atomic mass is 16.2. The van der Waals surface area contributed by atoms with Crippen molar-refractivity contribution >= 4 is 5.91 Å². The van der Waals surface area contributed by atoms with Crippen molar-refractivity contribution in [2.24, 2.45) is 23.2 Å². The fourth-order valence-corrected chi connectivity index (χ4v) is 5.86. The van der Waals surface area contributed by atoms with Crippen molar-refractivity contribution in [3.63, 3.8) is 0 Å². The van der Waals surface area contributed by atoms with E-state index >= 15 is 0 Å². The van der Waals surface area contributed by atoms with Gasteiger partial charge in [0, 0.05) is 11.0 Å². The molecule has 3 heteroatoms. The number of hydrogen-bond donors (Lipinski definition) is 2. The highest BCUT2D eigenvalue weighted by Crippen LogP contribution is 2.55. The third kappa shape index (κ3) is 2.09. The topological polar surface area (TPSA) is 41.1 Å². The number of hydrogen-bond acceptors (Lipinski definition) is 2. The maximum absolute atomic E-state index is 12.9. The van der Waals surface area contributed by atoms with Crippen LogP contribution in [0.1, 0.15) is 58.3 Å². The van der Waals surface area contributed by atoms with E-state index in [0.29, 0.717) is 5.91 Å². The van der Waals surface area contributed by atoms with Crippen molar-refractivity contribution in [2.45, 2.75) is 63.8 Å². The standard InChI is InChI=1S/C17H28N2O/c1-16(2-4-18-5-3-16)15(20)19-17-9-12-6-13(10-17)8-14(7-12)11-17/h12-14,18H,2-11H2,1H3,(H,19,20). The zero-order valence-electron chi connectivity index (χ0n) is 12.7. The molecule has 3 nitrogen and oxygen atoms in total. The Morgan fingerprint density at radius 1 is 1.00 bits per heavy atom. The fourth-order valence-electron chi connectivity index (χ4n) is 5.86. The molecular formula is C17H28N2O. The van der Waals surface area contributed by atoms with Gasteiger partial charge in [-0.05, 0) is 82.2 Å². The first-order chi connectivity index (χ1) is 9.57. The van der Waals surface area contributed by atoms with Gasteiger partial charge in [0.25, 0.3) is 0 Å². The summed E-state index contributed by atoms with van der Waals surface area (Å²) in [4.78, 5) is 12.9. The lowest BCUT2D eigenvalue weighted by Gasteiger charge is -2.57. The number of amides is 1. The van der Waals surface area contributed by atoms with E-state index in [1.165, 1.54) is 38.5 Å². The molecule has 0 unspecified atom stereocenters. The first kappa shape index (κ1) is 13.1. The Labute approximate surface area is 122 Å². The molecule has 4 bridgehead atoms. The molecule has 112 valence electrons. The van der Waals surface area contributed by atoms with Crippen LogP contribution >= 0.6 is 0 Å². The lowest BCUT2D eigenvalue weighted by molar-refractivity contribution is -0.137. The lowest BCUT2D eigenvalue weighted by Crippen LogP contribution is -2.62. The summed E-state index contributed by atoms with van der Waals surface area (Å²) in [6, 6.07) is 0. The molecule has 20 heavy (non-hydrogen) atoms. The van der Waals surface area contributed by atoms with E-state index in [0.717, 1.165) is 43.7 Å². The third-order valence-corrected chi connectivity index (χ3v) is 6.67. The molecule has 1 saturated heterocycles. The molecule has 2 N–H and O–H groups in total. The summed E-state index contributed by atoms with van der Waals surface area (Å²) in [5.41, 5.74) is 0.0499. The summed E-state index contributed by atoms with van der Waals surface area (Å²) in [5.74, 6) is 3.06. The zero-order chi connectivity index (χ0) is 13.8. The summed E-state index contributed by atoms with van der Waals surface area (Å²) in [6.45, 7) is 4.15. The van der Waals surface area contributed by atoms with Crippen LogP contribution in [0.15, 0.2) is 0 Å². The smallest absolute Gasteiger partial charge is 0.226 e. The average molecular weight is 276 g/mol. The summed E-state index contributed by atoms with van der Waals surface area (Å²) < 4.78 is 0. The summed E-state index contributed by atoms with van der Waals surface area (Å²) >= 11 is 0. The molecule has 5 fully saturated rings. The zero-order valence-corrected chi connectivity index (χ0v) is 12.7. The maximum Gasteiger partial charge on any atom is 0.226 e. The second kappa shape index (κ2) is 4.46. The van der Waals surface area contributed by atoms with E-state index in [9.17, 15) is 4.79 Å². The van der Waals surface area contributed by atoms with Gasteiger partial charge in [0.2, 0.25) is 5.91 Å². The molecule has 0 radical (unpaired) electrons. The van der Waals surface area contributed by atoms with Gasteiger partial charge in [0.15, 0.2) is 0 Å². The number of piperidine rings is 1. The van der Waals surface area contributed by atoms with Crippen molar-refractivity contribution in [3.8, 4) is 0 Å². The lowest BCUT2D eigenvalue weighted by atomic mass is 9.53. The van der Waals surface area contributed by atoms with Gasteiger partial charge in [-0.25, -0.2) is 0 Å². The molecule has 0 aromatic heterocycles. The van der Waals surface area contributed by atoms with E-state index in [-0.39, 0.29) is 11.0 Å². The van der Waals surface area contributed by atoms with Crippen molar-refractivity contribution < 1.29 is 4.79 Å². The molecule has 5 aliphatic rings. The van der Waals surface area contributed by atoms with Gasteiger partial charge in [-0.1, -0.05) is 6.92 Å². The third-order valence-electron chi connectivity index (χ3n) is 6.67. The van der Waals surface area contributed by atoms with Crippen LogP contribution in [0, 0.1) is 23.2 Å². The molecule has 1 heterocycles. The van der Waals surface area contributed by atoms with Gasteiger partial charge in [0.1, 0.15) is 0 Å². The van der Waals surface area contributed by atoms with Crippen LogP contribution in [-0.4, -0.2) is 24.5 Å². The van der Waals surface area contributed by atoms with E-state index in [1.54, 1.807) is 0 Å². The first-order valence-electron chi connectivity index (χ1n) is 8.60. The minimum absolute atomic E-state index is 0.130. The van der Waals surface area contributed by atoms with Crippen LogP contribution in [0.3, 0.4) is 0 Å². The largest absolute Gasteiger partial charge is 0.350 e. The molecular weight excluding hydrogens is 248 g/mol. The number of carbonyl (C=O) groups excluding carboxylic acids is 1. The Kier molecular flexibility index (Phi) is 2.93. The summed E-state index contributed by atoms with van der Waals surface area (Å²) in [7, 11) is 0. The summed E-state index contributed by atoms with van der Waals surface area (Å²) in [6.07, 6.45) is 10.1. The van der Waals surface area contributed by atoms with Crippen molar-refractivity contribution in [2.75, 3.05) is 13.1 Å². The molecule has 0 spiro atoms. The van der Waals surface area contributed by atoms with E-state index in [4.69, 9.17) is 0 Å². The van der Waals surface area contributed by atoms with Crippen molar-refractivity contribution in [1.29, 1.82) is 0 Å². The van der Waals surface area contributed by atoms with Crippen LogP contribution in [0.4, 0.5) is 0 Å². The molecule has 0 aromatic carbocycles. The Bertz CT molecular complexity index is 376. The second-order valence-electron chi connectivity index (χ2n) is 8.46. The Balaban J connectivity index is 1.49. The molecule has 1 amide bonds. The van der Waals surface area contributed by atoms with Gasteiger partial charge in [-0.15, -0.1) is 0 Å². The predicted octanol–water partition coefficient (Wildman–Crippen LogP) is 2.46. The summed E-state index contributed by atoms with van der Waals surface area (Å²) in [5, 5.41) is 6.94. The van der Waals surface area contributed by atoms with E-state index < -0.39 is 0 Å². The fraction of sp³-hybridized carbons (Fsp3) is 0.941. The van der Waals surface area contributed by atoms with Crippen molar-refractivity contribution in [3.05, 3.63) is 0 Å². The van der Waals surface area contributed by atoms with Gasteiger partial charge in [0.05, 0.1) is 0 Å². The molecule has 1 aliphatic heterocycles. The van der Waals surface area contributed by atoms with Crippen LogP contribution in [0.2, 0.25) is 0 Å². The highest BCUT2D eigenvalue weighted by Gasteiger charge is 2.52. The molecule has 5 rings (SSSR count). The highest BCUT2D eigenvalue weighted by molar-refractivity contribution is 5.83. The minimum atomic E-state index is -0.130. The quantitative estimate of drug-likeness (QED) is 0.813. The van der Waals surface area contributed by atoms with Gasteiger partial charge in [-0.3, -0.25) is 4.79 Å². The Morgan fingerprint density at radius 2 is 1.50 bits per heavy atom. The van der Waals surface area contributed by atoms with Crippen LogP contribution in [-0.2, 0) is 4.79 Å². The minimum Gasteiger partial charge on any atom is -0.350 e. The Morgan fingerprint density at radius 3 is 2.00 bits per heavy atom. The van der Waals surface area contributed by atoms with Gasteiger partial charge in [-0.2, -0.15) is 0 Å². The van der Waals surface area contributed by atoms with Crippen LogP contribution < -0.4 is 10.6 Å². The van der Waals surface area contributed by atoms with E-state index in [2.05, 4.69) is 17.6 Å². The van der Waals surface area contributed by atoms with Crippen molar-refractivity contribution in [1.82, 2.24) is 10.6 Å². The molecule has 0 aromatic rings. The van der Waals surface area contributed by atoms with Gasteiger partial charge < -0.3 is 10.6 Å². The van der Waals surface area contributed by atoms with Gasteiger partial charge >= 0.3 is 0 Å². The predicted molar refractivity (Wildman–Crippen MR) is 79.3 cm³/mol. The number of carbonyl (C=O) groups is 1. The molecule has 0 atom stereocenters.